The first kappa shape index (κ1) is 33.0. The van der Waals surface area contributed by atoms with E-state index in [0.29, 0.717) is 24.2 Å². The molecule has 1 aliphatic rings. The number of halogens is 3. The maximum Gasteiger partial charge on any atom is 0.410 e. The maximum absolute atomic E-state index is 14.8. The fourth-order valence-corrected chi connectivity index (χ4v) is 4.90. The fraction of sp³-hybridized carbons (Fsp3) is 0.581. The molecule has 1 saturated heterocycles. The first-order valence-electron chi connectivity index (χ1n) is 14.0. The summed E-state index contributed by atoms with van der Waals surface area (Å²) < 4.78 is 65.4. The van der Waals surface area contributed by atoms with Crippen LogP contribution in [0.1, 0.15) is 62.9 Å². The molecule has 41 heavy (non-hydrogen) atoms. The van der Waals surface area contributed by atoms with Crippen molar-refractivity contribution in [3.05, 3.63) is 59.7 Å². The number of alkyl halides is 3. The number of nitrogens with zero attached hydrogens (tertiary/aromatic N) is 1. The maximum atomic E-state index is 14.8. The van der Waals surface area contributed by atoms with Gasteiger partial charge in [-0.3, -0.25) is 10.2 Å². The molecular weight excluding hydrogens is 537 g/mol. The highest BCUT2D eigenvalue weighted by Gasteiger charge is 2.63. The first-order valence-corrected chi connectivity index (χ1v) is 14.0. The minimum absolute atomic E-state index is 0.0722. The Hall–Kier alpha value is -2.50. The van der Waals surface area contributed by atoms with E-state index in [2.05, 4.69) is 5.32 Å². The average molecular weight is 581 g/mol. The van der Waals surface area contributed by atoms with Crippen LogP contribution in [-0.2, 0) is 25.5 Å². The van der Waals surface area contributed by atoms with Crippen LogP contribution >= 0.6 is 0 Å². The molecule has 0 radical (unpaired) electrons. The molecule has 10 heteroatoms. The van der Waals surface area contributed by atoms with Crippen molar-refractivity contribution < 1.29 is 36.9 Å². The molecule has 0 bridgehead atoms. The first-order chi connectivity index (χ1) is 19.4. The highest BCUT2D eigenvalue weighted by molar-refractivity contribution is 5.97. The number of nitrogens with one attached hydrogen (secondary N) is 1. The molecule has 0 spiro atoms. The summed E-state index contributed by atoms with van der Waals surface area (Å²) in [5.74, 6) is -0.430. The Bertz CT molecular complexity index is 1100. The monoisotopic (exact) mass is 580 g/mol. The van der Waals surface area contributed by atoms with Crippen LogP contribution in [0.3, 0.4) is 0 Å². The second-order valence-electron chi connectivity index (χ2n) is 11.3. The van der Waals surface area contributed by atoms with E-state index in [0.717, 1.165) is 24.0 Å². The summed E-state index contributed by atoms with van der Waals surface area (Å²) in [7, 11) is 1.52. The van der Waals surface area contributed by atoms with Crippen molar-refractivity contribution in [1.82, 2.24) is 10.2 Å². The quantitative estimate of drug-likeness (QED) is 0.163. The third-order valence-electron chi connectivity index (χ3n) is 7.02. The number of ether oxygens (including phenoxy) is 4. The van der Waals surface area contributed by atoms with Crippen LogP contribution in [0.5, 0.6) is 0 Å². The Balaban J connectivity index is 1.85. The molecule has 1 fully saturated rings. The van der Waals surface area contributed by atoms with Gasteiger partial charge in [0.25, 0.3) is 0 Å². The lowest BCUT2D eigenvalue weighted by molar-refractivity contribution is -0.247. The lowest BCUT2D eigenvalue weighted by atomic mass is 9.96. The van der Waals surface area contributed by atoms with Crippen LogP contribution in [0.4, 0.5) is 13.2 Å². The SMILES string of the molecule is CCCCC1NCC(COCOCCOC)(C(F)(F)F)N1Cc1ccc(-c2ccccc2C(=O)OC(C)(C)C)cc1. The van der Waals surface area contributed by atoms with Crippen LogP contribution in [-0.4, -0.2) is 74.6 Å². The molecule has 2 aromatic rings. The molecule has 0 aromatic heterocycles. The number of hydrogen-bond acceptors (Lipinski definition) is 7. The van der Waals surface area contributed by atoms with E-state index >= 15 is 0 Å². The second kappa shape index (κ2) is 14.6. The van der Waals surface area contributed by atoms with Crippen molar-refractivity contribution in [3.63, 3.8) is 0 Å². The number of rotatable bonds is 14. The number of hydrogen-bond donors (Lipinski definition) is 1. The van der Waals surface area contributed by atoms with Gasteiger partial charge < -0.3 is 18.9 Å². The van der Waals surface area contributed by atoms with Crippen LogP contribution < -0.4 is 5.32 Å². The smallest absolute Gasteiger partial charge is 0.410 e. The fourth-order valence-electron chi connectivity index (χ4n) is 4.90. The van der Waals surface area contributed by atoms with E-state index in [9.17, 15) is 18.0 Å². The van der Waals surface area contributed by atoms with E-state index in [1.807, 2.05) is 64.1 Å². The zero-order valence-corrected chi connectivity index (χ0v) is 24.7. The summed E-state index contributed by atoms with van der Waals surface area (Å²) in [5.41, 5.74) is -0.230. The Labute approximate surface area is 241 Å². The zero-order chi connectivity index (χ0) is 30.1. The Kier molecular flexibility index (Phi) is 11.8. The topological polar surface area (TPSA) is 69.3 Å². The van der Waals surface area contributed by atoms with Crippen molar-refractivity contribution >= 4 is 5.97 Å². The van der Waals surface area contributed by atoms with Crippen LogP contribution in [0.15, 0.2) is 48.5 Å². The number of carbonyl (C=O) groups excluding carboxylic acids is 1. The number of unbranched alkanes of at least 4 members (excludes halogenated alkanes) is 1. The molecule has 228 valence electrons. The summed E-state index contributed by atoms with van der Waals surface area (Å²) in [6.45, 7) is 7.01. The molecule has 1 aliphatic heterocycles. The van der Waals surface area contributed by atoms with Crippen LogP contribution in [0, 0.1) is 0 Å². The molecule has 0 amide bonds. The van der Waals surface area contributed by atoms with Gasteiger partial charge in [0.05, 0.1) is 31.5 Å². The Morgan fingerprint density at radius 1 is 1.05 bits per heavy atom. The molecule has 0 saturated carbocycles. The summed E-state index contributed by atoms with van der Waals surface area (Å²) in [5, 5.41) is 3.11. The van der Waals surface area contributed by atoms with Crippen LogP contribution in [0.2, 0.25) is 0 Å². The number of carbonyl (C=O) groups is 1. The highest BCUT2D eigenvalue weighted by Crippen LogP contribution is 2.41. The molecule has 2 atom stereocenters. The minimum atomic E-state index is -4.54. The molecule has 7 nitrogen and oxygen atoms in total. The van der Waals surface area contributed by atoms with Gasteiger partial charge in [-0.1, -0.05) is 62.2 Å². The van der Waals surface area contributed by atoms with Gasteiger partial charge >= 0.3 is 12.1 Å². The molecule has 0 aliphatic carbocycles. The molecule has 2 unspecified atom stereocenters. The van der Waals surface area contributed by atoms with E-state index in [1.54, 1.807) is 12.1 Å². The predicted molar refractivity (Wildman–Crippen MR) is 151 cm³/mol. The van der Waals surface area contributed by atoms with Gasteiger partial charge in [0.2, 0.25) is 0 Å². The van der Waals surface area contributed by atoms with E-state index in [4.69, 9.17) is 18.9 Å². The Morgan fingerprint density at radius 3 is 2.39 bits per heavy atom. The largest absolute Gasteiger partial charge is 0.456 e. The lowest BCUT2D eigenvalue weighted by Gasteiger charge is -2.41. The van der Waals surface area contributed by atoms with Crippen molar-refractivity contribution in [2.24, 2.45) is 0 Å². The van der Waals surface area contributed by atoms with Crippen molar-refractivity contribution in [3.8, 4) is 11.1 Å². The van der Waals surface area contributed by atoms with Crippen molar-refractivity contribution in [2.45, 2.75) is 77.0 Å². The molecular formula is C31H43F3N2O5. The zero-order valence-electron chi connectivity index (χ0n) is 24.7. The standard InChI is InChI=1S/C31H43F3N2O5/c1-6-7-12-27-35-20-30(31(32,33)34,21-40-22-39-18-17-38-5)36(27)19-23-13-15-24(16-14-23)25-10-8-9-11-26(25)28(37)41-29(2,3)4/h8-11,13-16,27,35H,6-7,12,17-22H2,1-5H3. The predicted octanol–water partition coefficient (Wildman–Crippen LogP) is 6.17. The molecule has 3 rings (SSSR count). The summed E-state index contributed by atoms with van der Waals surface area (Å²) in [6, 6.07) is 14.4. The molecule has 1 N–H and O–H groups in total. The van der Waals surface area contributed by atoms with Gasteiger partial charge in [0, 0.05) is 20.2 Å². The number of methoxy groups -OCH3 is 1. The summed E-state index contributed by atoms with van der Waals surface area (Å²) in [6.07, 6.45) is -2.74. The third-order valence-corrected chi connectivity index (χ3v) is 7.02. The number of esters is 1. The Morgan fingerprint density at radius 2 is 1.76 bits per heavy atom. The van der Waals surface area contributed by atoms with E-state index in [-0.39, 0.29) is 26.5 Å². The lowest BCUT2D eigenvalue weighted by Crippen LogP contribution is -2.61. The average Bonchev–Trinajstić information content (AvgIpc) is 3.27. The van der Waals surface area contributed by atoms with E-state index < -0.39 is 36.1 Å². The highest BCUT2D eigenvalue weighted by atomic mass is 19.4. The second-order valence-corrected chi connectivity index (χ2v) is 11.3. The van der Waals surface area contributed by atoms with Crippen molar-refractivity contribution in [2.75, 3.05) is 40.3 Å². The summed E-state index contributed by atoms with van der Waals surface area (Å²) >= 11 is 0. The van der Waals surface area contributed by atoms with Crippen LogP contribution in [0.25, 0.3) is 11.1 Å². The van der Waals surface area contributed by atoms with Gasteiger partial charge in [0.15, 0.2) is 5.54 Å². The minimum Gasteiger partial charge on any atom is -0.456 e. The molecule has 1 heterocycles. The van der Waals surface area contributed by atoms with Gasteiger partial charge in [-0.05, 0) is 49.9 Å². The third kappa shape index (κ3) is 8.75. The van der Waals surface area contributed by atoms with Gasteiger partial charge in [-0.2, -0.15) is 13.2 Å². The normalized spacial score (nSPS) is 20.0. The van der Waals surface area contributed by atoms with Gasteiger partial charge in [-0.15, -0.1) is 0 Å². The van der Waals surface area contributed by atoms with Gasteiger partial charge in [0.1, 0.15) is 12.4 Å². The van der Waals surface area contributed by atoms with Gasteiger partial charge in [-0.25, -0.2) is 4.79 Å². The van der Waals surface area contributed by atoms with E-state index in [1.165, 1.54) is 12.0 Å². The summed E-state index contributed by atoms with van der Waals surface area (Å²) in [4.78, 5) is 14.3. The molecule has 2 aromatic carbocycles. The van der Waals surface area contributed by atoms with Crippen molar-refractivity contribution in [1.29, 1.82) is 0 Å². The number of benzene rings is 2.